The lowest BCUT2D eigenvalue weighted by molar-refractivity contribution is -0.143. The first kappa shape index (κ1) is 14.6. The number of piperidine rings is 1. The predicted molar refractivity (Wildman–Crippen MR) is 66.6 cm³/mol. The van der Waals surface area contributed by atoms with Crippen molar-refractivity contribution in [3.63, 3.8) is 0 Å². The highest BCUT2D eigenvalue weighted by Gasteiger charge is 2.26. The van der Waals surface area contributed by atoms with E-state index in [1.54, 1.807) is 20.8 Å². The zero-order valence-electron chi connectivity index (χ0n) is 11.1. The first-order chi connectivity index (χ1) is 8.29. The molecule has 1 aliphatic heterocycles. The summed E-state index contributed by atoms with van der Waals surface area (Å²) in [5.41, 5.74) is -0.494. The second-order valence-corrected chi connectivity index (χ2v) is 5.55. The number of carbonyl (C=O) groups is 3. The van der Waals surface area contributed by atoms with E-state index in [0.29, 0.717) is 12.8 Å². The summed E-state index contributed by atoms with van der Waals surface area (Å²) in [7, 11) is 0. The van der Waals surface area contributed by atoms with Gasteiger partial charge in [-0.3, -0.25) is 19.7 Å². The summed E-state index contributed by atoms with van der Waals surface area (Å²) < 4.78 is 0. The van der Waals surface area contributed by atoms with E-state index in [-0.39, 0.29) is 11.8 Å². The summed E-state index contributed by atoms with van der Waals surface area (Å²) >= 11 is 0. The van der Waals surface area contributed by atoms with E-state index in [0.717, 1.165) is 13.1 Å². The van der Waals surface area contributed by atoms with E-state index in [2.05, 4.69) is 16.0 Å². The molecular formula is C12H21N3O3. The van der Waals surface area contributed by atoms with Gasteiger partial charge in [0.2, 0.25) is 5.91 Å². The van der Waals surface area contributed by atoms with Crippen molar-refractivity contribution in [3.8, 4) is 0 Å². The summed E-state index contributed by atoms with van der Waals surface area (Å²) in [5, 5.41) is 7.80. The Balaban J connectivity index is 2.43. The number of carbonyl (C=O) groups excluding carboxylic acids is 3. The lowest BCUT2D eigenvalue weighted by Crippen LogP contribution is -2.51. The molecule has 0 spiro atoms. The van der Waals surface area contributed by atoms with Crippen LogP contribution in [0.5, 0.6) is 0 Å². The van der Waals surface area contributed by atoms with Crippen LogP contribution in [0.3, 0.4) is 0 Å². The Morgan fingerprint density at radius 1 is 1.06 bits per heavy atom. The summed E-state index contributed by atoms with van der Waals surface area (Å²) in [6.45, 7) is 6.84. The highest BCUT2D eigenvalue weighted by atomic mass is 16.2. The zero-order valence-corrected chi connectivity index (χ0v) is 11.1. The third-order valence-electron chi connectivity index (χ3n) is 2.64. The maximum absolute atomic E-state index is 11.7. The Morgan fingerprint density at radius 3 is 2.11 bits per heavy atom. The van der Waals surface area contributed by atoms with Crippen LogP contribution in [-0.4, -0.2) is 36.3 Å². The summed E-state index contributed by atoms with van der Waals surface area (Å²) in [6.07, 6.45) is 1.39. The van der Waals surface area contributed by atoms with Crippen LogP contribution < -0.4 is 16.0 Å². The number of hydrogen-bond acceptors (Lipinski definition) is 4. The van der Waals surface area contributed by atoms with Crippen molar-refractivity contribution in [3.05, 3.63) is 0 Å². The summed E-state index contributed by atoms with van der Waals surface area (Å²) in [4.78, 5) is 34.7. The molecule has 1 aliphatic rings. The van der Waals surface area contributed by atoms with E-state index in [9.17, 15) is 14.4 Å². The Hall–Kier alpha value is -1.43. The van der Waals surface area contributed by atoms with Gasteiger partial charge < -0.3 is 10.6 Å². The molecule has 6 heteroatoms. The summed E-state index contributed by atoms with van der Waals surface area (Å²) in [5.74, 6) is -2.19. The molecule has 0 bridgehead atoms. The van der Waals surface area contributed by atoms with Crippen molar-refractivity contribution >= 4 is 17.7 Å². The van der Waals surface area contributed by atoms with Crippen LogP contribution in [0.15, 0.2) is 0 Å². The van der Waals surface area contributed by atoms with Gasteiger partial charge in [-0.05, 0) is 46.7 Å². The Morgan fingerprint density at radius 2 is 1.61 bits per heavy atom. The van der Waals surface area contributed by atoms with Gasteiger partial charge in [-0.15, -0.1) is 0 Å². The second kappa shape index (κ2) is 5.95. The van der Waals surface area contributed by atoms with Crippen molar-refractivity contribution in [2.45, 2.75) is 39.2 Å². The van der Waals surface area contributed by atoms with Crippen molar-refractivity contribution < 1.29 is 14.4 Å². The van der Waals surface area contributed by atoms with E-state index in [4.69, 9.17) is 0 Å². The van der Waals surface area contributed by atoms with Gasteiger partial charge in [0.25, 0.3) is 0 Å². The molecule has 0 aromatic rings. The first-order valence-electron chi connectivity index (χ1n) is 6.17. The average Bonchev–Trinajstić information content (AvgIpc) is 2.27. The van der Waals surface area contributed by atoms with Crippen LogP contribution in [-0.2, 0) is 14.4 Å². The van der Waals surface area contributed by atoms with Crippen molar-refractivity contribution in [1.29, 1.82) is 0 Å². The topological polar surface area (TPSA) is 87.3 Å². The minimum atomic E-state index is -0.881. The number of amides is 3. The van der Waals surface area contributed by atoms with Gasteiger partial charge >= 0.3 is 11.8 Å². The number of nitrogens with one attached hydrogen (secondary N) is 3. The maximum Gasteiger partial charge on any atom is 0.315 e. The molecule has 0 aromatic heterocycles. The highest BCUT2D eigenvalue weighted by Crippen LogP contribution is 2.11. The molecule has 18 heavy (non-hydrogen) atoms. The summed E-state index contributed by atoms with van der Waals surface area (Å²) in [6, 6.07) is 0. The molecule has 3 N–H and O–H groups in total. The lowest BCUT2D eigenvalue weighted by Gasteiger charge is -2.22. The first-order valence-corrected chi connectivity index (χ1v) is 6.17. The lowest BCUT2D eigenvalue weighted by atomic mass is 9.97. The van der Waals surface area contributed by atoms with E-state index < -0.39 is 17.4 Å². The fraction of sp³-hybridized carbons (Fsp3) is 0.750. The van der Waals surface area contributed by atoms with E-state index in [1.807, 2.05) is 0 Å². The standard InChI is InChI=1S/C12H21N3O3/c1-12(2,3)15-11(18)10(17)14-9(16)8-4-6-13-7-5-8/h8,13H,4-7H2,1-3H3,(H,15,18)(H,14,16,17). The van der Waals surface area contributed by atoms with Crippen molar-refractivity contribution in [1.82, 2.24) is 16.0 Å². The number of hydrogen-bond donors (Lipinski definition) is 3. The van der Waals surface area contributed by atoms with Crippen LogP contribution >= 0.6 is 0 Å². The van der Waals surface area contributed by atoms with Crippen molar-refractivity contribution in [2.75, 3.05) is 13.1 Å². The quantitative estimate of drug-likeness (QED) is 0.553. The molecule has 3 amide bonds. The normalized spacial score (nSPS) is 17.1. The minimum absolute atomic E-state index is 0.183. The van der Waals surface area contributed by atoms with Gasteiger partial charge in [-0.2, -0.15) is 0 Å². The van der Waals surface area contributed by atoms with E-state index >= 15 is 0 Å². The number of imide groups is 1. The monoisotopic (exact) mass is 255 g/mol. The molecule has 1 heterocycles. The van der Waals surface area contributed by atoms with Crippen LogP contribution in [0.2, 0.25) is 0 Å². The maximum atomic E-state index is 11.7. The van der Waals surface area contributed by atoms with Gasteiger partial charge in [0.15, 0.2) is 0 Å². The molecule has 0 unspecified atom stereocenters. The molecule has 1 saturated heterocycles. The molecule has 1 fully saturated rings. The molecular weight excluding hydrogens is 234 g/mol. The average molecular weight is 255 g/mol. The second-order valence-electron chi connectivity index (χ2n) is 5.55. The molecule has 0 aliphatic carbocycles. The smallest absolute Gasteiger partial charge is 0.315 e. The molecule has 6 nitrogen and oxygen atoms in total. The Labute approximate surface area is 107 Å². The Kier molecular flexibility index (Phi) is 4.84. The minimum Gasteiger partial charge on any atom is -0.343 e. The van der Waals surface area contributed by atoms with Gasteiger partial charge in [-0.25, -0.2) is 0 Å². The number of rotatable bonds is 1. The molecule has 102 valence electrons. The molecule has 0 aromatic carbocycles. The zero-order chi connectivity index (χ0) is 13.8. The fourth-order valence-electron chi connectivity index (χ4n) is 1.75. The van der Waals surface area contributed by atoms with Crippen LogP contribution in [0, 0.1) is 5.92 Å². The SMILES string of the molecule is CC(C)(C)NC(=O)C(=O)NC(=O)C1CCNCC1. The molecule has 0 radical (unpaired) electrons. The van der Waals surface area contributed by atoms with Crippen LogP contribution in [0.25, 0.3) is 0 Å². The van der Waals surface area contributed by atoms with Gasteiger partial charge in [0, 0.05) is 11.5 Å². The van der Waals surface area contributed by atoms with Gasteiger partial charge in [0.05, 0.1) is 0 Å². The van der Waals surface area contributed by atoms with Gasteiger partial charge in [0.1, 0.15) is 0 Å². The van der Waals surface area contributed by atoms with Crippen molar-refractivity contribution in [2.24, 2.45) is 5.92 Å². The highest BCUT2D eigenvalue weighted by molar-refractivity contribution is 6.37. The fourth-order valence-corrected chi connectivity index (χ4v) is 1.75. The third-order valence-corrected chi connectivity index (χ3v) is 2.64. The predicted octanol–water partition coefficient (Wildman–Crippen LogP) is -0.456. The van der Waals surface area contributed by atoms with E-state index in [1.165, 1.54) is 0 Å². The third kappa shape index (κ3) is 4.83. The Bertz CT molecular complexity index is 341. The largest absolute Gasteiger partial charge is 0.343 e. The molecule has 0 atom stereocenters. The van der Waals surface area contributed by atoms with Crippen LogP contribution in [0.1, 0.15) is 33.6 Å². The van der Waals surface area contributed by atoms with Crippen LogP contribution in [0.4, 0.5) is 0 Å². The molecule has 1 rings (SSSR count). The van der Waals surface area contributed by atoms with Gasteiger partial charge in [-0.1, -0.05) is 0 Å². The molecule has 0 saturated carbocycles.